The first-order valence-corrected chi connectivity index (χ1v) is 7.52. The lowest BCUT2D eigenvalue weighted by molar-refractivity contribution is -0.0250. The quantitative estimate of drug-likeness (QED) is 0.829. The summed E-state index contributed by atoms with van der Waals surface area (Å²) in [7, 11) is 0. The molecule has 0 radical (unpaired) electrons. The van der Waals surface area contributed by atoms with Crippen LogP contribution in [0.25, 0.3) is 0 Å². The molecule has 2 aliphatic carbocycles. The molecule has 0 aromatic heterocycles. The van der Waals surface area contributed by atoms with Gasteiger partial charge in [0.05, 0.1) is 5.60 Å². The Hall–Kier alpha value is -0.240. The predicted octanol–water partition coefficient (Wildman–Crippen LogP) is 4.78. The smallest absolute Gasteiger partial charge is 0.0914 e. The third-order valence-electron chi connectivity index (χ3n) is 4.48. The Balaban J connectivity index is 1.90. The van der Waals surface area contributed by atoms with Crippen LogP contribution >= 0.6 is 23.2 Å². The summed E-state index contributed by atoms with van der Waals surface area (Å²) in [6.45, 7) is 0. The first kappa shape index (κ1) is 12.8. The summed E-state index contributed by atoms with van der Waals surface area (Å²) in [6.07, 6.45) is 6.66. The molecule has 98 valence electrons. The summed E-state index contributed by atoms with van der Waals surface area (Å²) < 4.78 is 0. The number of rotatable bonds is 2. The van der Waals surface area contributed by atoms with Crippen LogP contribution < -0.4 is 0 Å². The summed E-state index contributed by atoms with van der Waals surface area (Å²) in [6, 6.07) is 5.40. The summed E-state index contributed by atoms with van der Waals surface area (Å²) in [5.41, 5.74) is 0.0510. The maximum Gasteiger partial charge on any atom is 0.0914 e. The first-order chi connectivity index (χ1) is 8.58. The van der Waals surface area contributed by atoms with Crippen LogP contribution in [0, 0.1) is 11.8 Å². The van der Waals surface area contributed by atoms with Gasteiger partial charge in [0.15, 0.2) is 0 Å². The lowest BCUT2D eigenvalue weighted by atomic mass is 9.73. The largest absolute Gasteiger partial charge is 0.385 e. The zero-order chi connectivity index (χ0) is 12.8. The average Bonchev–Trinajstić information content (AvgIpc) is 3.16. The minimum atomic E-state index is -0.770. The second kappa shape index (κ2) is 4.70. The lowest BCUT2D eigenvalue weighted by Gasteiger charge is -2.38. The van der Waals surface area contributed by atoms with Crippen molar-refractivity contribution in [2.75, 3.05) is 0 Å². The van der Waals surface area contributed by atoms with Gasteiger partial charge in [-0.1, -0.05) is 23.2 Å². The highest BCUT2D eigenvalue weighted by atomic mass is 35.5. The van der Waals surface area contributed by atoms with Crippen LogP contribution in [0.1, 0.15) is 44.1 Å². The van der Waals surface area contributed by atoms with Crippen LogP contribution in [-0.4, -0.2) is 5.11 Å². The van der Waals surface area contributed by atoms with Gasteiger partial charge < -0.3 is 5.11 Å². The molecule has 0 bridgehead atoms. The molecule has 3 heteroatoms. The van der Waals surface area contributed by atoms with Crippen molar-refractivity contribution in [2.24, 2.45) is 11.8 Å². The van der Waals surface area contributed by atoms with Gasteiger partial charge in [-0.25, -0.2) is 0 Å². The SMILES string of the molecule is OC1(c2cc(Cl)ccc2Cl)CCCC(C2CC2)C1. The first-order valence-electron chi connectivity index (χ1n) is 6.76. The number of hydrogen-bond donors (Lipinski definition) is 1. The van der Waals surface area contributed by atoms with Crippen molar-refractivity contribution in [1.29, 1.82) is 0 Å². The van der Waals surface area contributed by atoms with Crippen molar-refractivity contribution in [3.05, 3.63) is 33.8 Å². The molecule has 1 aromatic rings. The number of hydrogen-bond acceptors (Lipinski definition) is 1. The topological polar surface area (TPSA) is 20.2 Å². The molecular weight excluding hydrogens is 267 g/mol. The van der Waals surface area contributed by atoms with E-state index in [9.17, 15) is 5.11 Å². The molecule has 0 amide bonds. The monoisotopic (exact) mass is 284 g/mol. The Morgan fingerprint density at radius 1 is 1.11 bits per heavy atom. The van der Waals surface area contributed by atoms with Crippen molar-refractivity contribution in [3.63, 3.8) is 0 Å². The minimum absolute atomic E-state index is 0.637. The number of halogens is 2. The van der Waals surface area contributed by atoms with Crippen molar-refractivity contribution in [3.8, 4) is 0 Å². The van der Waals surface area contributed by atoms with Gasteiger partial charge in [-0.2, -0.15) is 0 Å². The molecule has 1 N–H and O–H groups in total. The van der Waals surface area contributed by atoms with Crippen LogP contribution in [0.3, 0.4) is 0 Å². The number of benzene rings is 1. The van der Waals surface area contributed by atoms with Crippen LogP contribution in [-0.2, 0) is 5.60 Å². The van der Waals surface area contributed by atoms with E-state index in [0.717, 1.165) is 30.7 Å². The van der Waals surface area contributed by atoms with Gasteiger partial charge in [0.2, 0.25) is 0 Å². The summed E-state index contributed by atoms with van der Waals surface area (Å²) >= 11 is 12.3. The molecule has 0 heterocycles. The normalized spacial score (nSPS) is 32.5. The summed E-state index contributed by atoms with van der Waals surface area (Å²) in [5.74, 6) is 1.51. The van der Waals surface area contributed by atoms with Gasteiger partial charge in [-0.3, -0.25) is 0 Å². The van der Waals surface area contributed by atoms with Crippen molar-refractivity contribution in [1.82, 2.24) is 0 Å². The molecule has 2 fully saturated rings. The van der Waals surface area contributed by atoms with E-state index in [1.807, 2.05) is 6.07 Å². The highest BCUT2D eigenvalue weighted by molar-refractivity contribution is 6.33. The van der Waals surface area contributed by atoms with Crippen molar-refractivity contribution < 1.29 is 5.11 Å². The van der Waals surface area contributed by atoms with Crippen LogP contribution in [0.2, 0.25) is 10.0 Å². The van der Waals surface area contributed by atoms with Crippen LogP contribution in [0.5, 0.6) is 0 Å². The molecule has 1 aromatic carbocycles. The molecular formula is C15H18Cl2O. The van der Waals surface area contributed by atoms with Crippen molar-refractivity contribution in [2.45, 2.75) is 44.1 Å². The van der Waals surface area contributed by atoms with E-state index in [1.54, 1.807) is 12.1 Å². The Morgan fingerprint density at radius 2 is 1.89 bits per heavy atom. The molecule has 0 spiro atoms. The van der Waals surface area contributed by atoms with Gasteiger partial charge in [0, 0.05) is 15.6 Å². The number of aliphatic hydroxyl groups is 1. The Morgan fingerprint density at radius 3 is 2.61 bits per heavy atom. The maximum absolute atomic E-state index is 11.0. The van der Waals surface area contributed by atoms with E-state index in [-0.39, 0.29) is 0 Å². The van der Waals surface area contributed by atoms with E-state index in [4.69, 9.17) is 23.2 Å². The van der Waals surface area contributed by atoms with Gasteiger partial charge >= 0.3 is 0 Å². The Kier molecular flexibility index (Phi) is 3.34. The average molecular weight is 285 g/mol. The van der Waals surface area contributed by atoms with E-state index in [2.05, 4.69) is 0 Å². The Bertz CT molecular complexity index is 456. The molecule has 2 atom stereocenters. The zero-order valence-corrected chi connectivity index (χ0v) is 11.8. The third kappa shape index (κ3) is 2.41. The fraction of sp³-hybridized carbons (Fsp3) is 0.600. The molecule has 2 aliphatic rings. The zero-order valence-electron chi connectivity index (χ0n) is 10.3. The second-order valence-electron chi connectivity index (χ2n) is 5.85. The minimum Gasteiger partial charge on any atom is -0.385 e. The van der Waals surface area contributed by atoms with E-state index >= 15 is 0 Å². The van der Waals surface area contributed by atoms with Crippen LogP contribution in [0.15, 0.2) is 18.2 Å². The second-order valence-corrected chi connectivity index (χ2v) is 6.69. The van der Waals surface area contributed by atoms with Crippen molar-refractivity contribution >= 4 is 23.2 Å². The Labute approximate surface area is 118 Å². The van der Waals surface area contributed by atoms with E-state index in [1.165, 1.54) is 19.3 Å². The molecule has 0 saturated heterocycles. The molecule has 2 unspecified atom stereocenters. The molecule has 1 nitrogen and oxygen atoms in total. The van der Waals surface area contributed by atoms with Gasteiger partial charge in [0.25, 0.3) is 0 Å². The fourth-order valence-electron chi connectivity index (χ4n) is 3.36. The highest BCUT2D eigenvalue weighted by Crippen LogP contribution is 2.50. The molecule has 0 aliphatic heterocycles. The van der Waals surface area contributed by atoms with Gasteiger partial charge in [-0.05, 0) is 68.6 Å². The van der Waals surface area contributed by atoms with E-state index < -0.39 is 5.60 Å². The molecule has 3 rings (SSSR count). The van der Waals surface area contributed by atoms with Crippen LogP contribution in [0.4, 0.5) is 0 Å². The lowest BCUT2D eigenvalue weighted by Crippen LogP contribution is -2.33. The maximum atomic E-state index is 11.0. The highest BCUT2D eigenvalue weighted by Gasteiger charge is 2.42. The molecule has 18 heavy (non-hydrogen) atoms. The fourth-order valence-corrected chi connectivity index (χ4v) is 3.83. The van der Waals surface area contributed by atoms with E-state index in [0.29, 0.717) is 16.0 Å². The standard InChI is InChI=1S/C15H18Cl2O/c16-12-5-6-14(17)13(8-12)15(18)7-1-2-11(9-15)10-3-4-10/h5-6,8,10-11,18H,1-4,7,9H2. The molecule has 2 saturated carbocycles. The summed E-state index contributed by atoms with van der Waals surface area (Å²) in [4.78, 5) is 0. The third-order valence-corrected chi connectivity index (χ3v) is 5.05. The van der Waals surface area contributed by atoms with Gasteiger partial charge in [-0.15, -0.1) is 0 Å². The summed E-state index contributed by atoms with van der Waals surface area (Å²) in [5, 5.41) is 12.2. The predicted molar refractivity (Wildman–Crippen MR) is 75.0 cm³/mol. The van der Waals surface area contributed by atoms with Gasteiger partial charge in [0.1, 0.15) is 0 Å².